The summed E-state index contributed by atoms with van der Waals surface area (Å²) in [6.07, 6.45) is 21.8. The molecular formula is C40H56Cl2N2O4. The van der Waals surface area contributed by atoms with Crippen molar-refractivity contribution in [3.05, 3.63) is 70.0 Å². The fourth-order valence-electron chi connectivity index (χ4n) is 5.99. The molecule has 0 amide bonds. The van der Waals surface area contributed by atoms with Gasteiger partial charge in [-0.2, -0.15) is 0 Å². The summed E-state index contributed by atoms with van der Waals surface area (Å²) in [5.74, 6) is 0.174. The highest BCUT2D eigenvalue weighted by atomic mass is 35.5. The van der Waals surface area contributed by atoms with Gasteiger partial charge in [0.2, 0.25) is 0 Å². The first-order chi connectivity index (χ1) is 23.3. The number of aromatic nitrogens is 2. The molecule has 2 aromatic heterocycles. The number of phenols is 2. The molecule has 0 radical (unpaired) electrons. The quantitative estimate of drug-likeness (QED) is 0.0645. The van der Waals surface area contributed by atoms with Gasteiger partial charge in [-0.05, 0) is 56.0 Å². The number of aryl methyl sites for hydroxylation is 1. The molecular weight excluding hydrogens is 643 g/mol. The Kier molecular flexibility index (Phi) is 19.0. The van der Waals surface area contributed by atoms with Crippen molar-refractivity contribution < 1.29 is 20.4 Å². The van der Waals surface area contributed by atoms with Gasteiger partial charge in [-0.1, -0.05) is 145 Å². The number of hydrogen-bond acceptors (Lipinski definition) is 6. The van der Waals surface area contributed by atoms with E-state index in [4.69, 9.17) is 28.3 Å². The molecule has 0 saturated heterocycles. The van der Waals surface area contributed by atoms with E-state index in [0.717, 1.165) is 55.0 Å². The van der Waals surface area contributed by atoms with Crippen molar-refractivity contribution in [1.29, 1.82) is 0 Å². The molecule has 48 heavy (non-hydrogen) atoms. The number of aliphatic hydroxyl groups is 2. The van der Waals surface area contributed by atoms with Crippen LogP contribution in [-0.4, -0.2) is 37.0 Å². The number of hydrogen-bond donors (Lipinski definition) is 4. The van der Waals surface area contributed by atoms with Gasteiger partial charge >= 0.3 is 0 Å². The third kappa shape index (κ3) is 13.7. The lowest BCUT2D eigenvalue weighted by Gasteiger charge is -2.11. The summed E-state index contributed by atoms with van der Waals surface area (Å²) in [4.78, 5) is 8.96. The Bertz CT molecular complexity index is 1500. The van der Waals surface area contributed by atoms with E-state index in [1.54, 1.807) is 18.2 Å². The van der Waals surface area contributed by atoms with Gasteiger partial charge in [0.1, 0.15) is 16.8 Å². The van der Waals surface area contributed by atoms with Gasteiger partial charge in [0.05, 0.1) is 21.8 Å². The molecule has 0 aliphatic carbocycles. The summed E-state index contributed by atoms with van der Waals surface area (Å²) >= 11 is 12.1. The molecule has 0 aliphatic rings. The maximum Gasteiger partial charge on any atom is 0.160 e. The molecule has 1 unspecified atom stereocenters. The average Bonchev–Trinajstić information content (AvgIpc) is 3.09. The van der Waals surface area contributed by atoms with Crippen LogP contribution in [0.5, 0.6) is 11.5 Å². The number of fused-ring (bicyclic) bond motifs is 2. The number of benzene rings is 2. The topological polar surface area (TPSA) is 107 Å². The zero-order chi connectivity index (χ0) is 34.6. The molecule has 0 spiro atoms. The van der Waals surface area contributed by atoms with Gasteiger partial charge in [-0.3, -0.25) is 0 Å². The summed E-state index contributed by atoms with van der Waals surface area (Å²) in [7, 11) is 0. The molecule has 0 fully saturated rings. The fourth-order valence-corrected chi connectivity index (χ4v) is 6.51. The molecule has 2 heterocycles. The standard InChI is InChI=1S/C20H27Cl2NO2.C20H29NO2/c21-17-14-18(22)20(25)19-16(17)12-11-15(23-19)10-8-6-4-2-1-3-5-7-9-13-24;1-2-3-4-5-6-7-8-9-12-18(22)17-15-14-16-11-10-13-19(23)20(16)21-17/h11-12,14,24-25H,1-10,13H2;10-11,13-15,18,22-23H,2-9,12H2,1H3. The molecule has 4 rings (SSSR count). The predicted molar refractivity (Wildman–Crippen MR) is 201 cm³/mol. The van der Waals surface area contributed by atoms with Crippen LogP contribution in [-0.2, 0) is 6.42 Å². The van der Waals surface area contributed by atoms with Crippen LogP contribution >= 0.6 is 23.2 Å². The van der Waals surface area contributed by atoms with Gasteiger partial charge in [-0.25, -0.2) is 9.97 Å². The molecule has 0 aliphatic heterocycles. The lowest BCUT2D eigenvalue weighted by atomic mass is 10.0. The normalized spacial score (nSPS) is 11.9. The fraction of sp³-hybridized carbons (Fsp3) is 0.550. The number of para-hydroxylation sites is 1. The molecule has 8 heteroatoms. The van der Waals surface area contributed by atoms with Crippen LogP contribution in [0.4, 0.5) is 0 Å². The number of aliphatic hydroxyl groups excluding tert-OH is 2. The molecule has 4 N–H and O–H groups in total. The molecule has 0 saturated carbocycles. The van der Waals surface area contributed by atoms with E-state index >= 15 is 0 Å². The van der Waals surface area contributed by atoms with Crippen LogP contribution < -0.4 is 0 Å². The Morgan fingerprint density at radius 1 is 0.646 bits per heavy atom. The highest BCUT2D eigenvalue weighted by Crippen LogP contribution is 2.36. The van der Waals surface area contributed by atoms with Crippen molar-refractivity contribution in [2.75, 3.05) is 6.61 Å². The second-order valence-electron chi connectivity index (χ2n) is 12.9. The summed E-state index contributed by atoms with van der Waals surface area (Å²) < 4.78 is 0. The van der Waals surface area contributed by atoms with Crippen LogP contribution in [0.25, 0.3) is 21.8 Å². The first kappa shape index (κ1) is 39.8. The maximum atomic E-state index is 10.3. The highest BCUT2D eigenvalue weighted by Gasteiger charge is 2.12. The number of pyridine rings is 2. The van der Waals surface area contributed by atoms with Gasteiger partial charge in [0.25, 0.3) is 0 Å². The number of nitrogens with zero attached hydrogens (tertiary/aromatic N) is 2. The second kappa shape index (κ2) is 22.9. The van der Waals surface area contributed by atoms with E-state index in [2.05, 4.69) is 16.9 Å². The molecule has 1 atom stereocenters. The van der Waals surface area contributed by atoms with Crippen molar-refractivity contribution in [2.24, 2.45) is 0 Å². The predicted octanol–water partition coefficient (Wildman–Crippen LogP) is 11.8. The Morgan fingerprint density at radius 2 is 1.27 bits per heavy atom. The zero-order valence-electron chi connectivity index (χ0n) is 28.8. The Labute approximate surface area is 297 Å². The van der Waals surface area contributed by atoms with E-state index in [1.165, 1.54) is 83.5 Å². The molecule has 0 bridgehead atoms. The average molecular weight is 700 g/mol. The SMILES string of the molecule is CCCCCCCCCCC(O)c1ccc2cccc(O)c2n1.OCCCCCCCCCCCc1ccc2c(Cl)cc(Cl)c(O)c2n1. The van der Waals surface area contributed by atoms with E-state index in [0.29, 0.717) is 28.4 Å². The summed E-state index contributed by atoms with van der Waals surface area (Å²) in [5, 5.41) is 41.4. The first-order valence-corrected chi connectivity index (χ1v) is 19.0. The van der Waals surface area contributed by atoms with Gasteiger partial charge < -0.3 is 20.4 Å². The number of aromatic hydroxyl groups is 2. The van der Waals surface area contributed by atoms with E-state index in [-0.39, 0.29) is 16.5 Å². The Balaban J connectivity index is 0.000000261. The third-order valence-electron chi connectivity index (χ3n) is 8.90. The van der Waals surface area contributed by atoms with Crippen molar-refractivity contribution >= 4 is 45.0 Å². The third-order valence-corrected chi connectivity index (χ3v) is 9.50. The zero-order valence-corrected chi connectivity index (χ0v) is 30.3. The second-order valence-corrected chi connectivity index (χ2v) is 13.7. The highest BCUT2D eigenvalue weighted by molar-refractivity contribution is 6.39. The minimum absolute atomic E-state index is 0.00381. The van der Waals surface area contributed by atoms with E-state index < -0.39 is 6.10 Å². The lowest BCUT2D eigenvalue weighted by Crippen LogP contribution is -2.00. The Hall–Kier alpha value is -2.64. The monoisotopic (exact) mass is 698 g/mol. The number of unbranched alkanes of at least 4 members (excludes halogenated alkanes) is 15. The van der Waals surface area contributed by atoms with Crippen LogP contribution in [0.15, 0.2) is 48.5 Å². The Morgan fingerprint density at radius 3 is 1.94 bits per heavy atom. The van der Waals surface area contributed by atoms with E-state index in [1.807, 2.05) is 30.3 Å². The number of halogens is 2. The number of rotatable bonds is 21. The van der Waals surface area contributed by atoms with Crippen molar-refractivity contribution in [3.8, 4) is 11.5 Å². The summed E-state index contributed by atoms with van der Waals surface area (Å²) in [5.41, 5.74) is 2.67. The minimum atomic E-state index is -0.543. The largest absolute Gasteiger partial charge is 0.506 e. The van der Waals surface area contributed by atoms with Gasteiger partial charge in [0.15, 0.2) is 5.75 Å². The van der Waals surface area contributed by atoms with Gasteiger partial charge in [0, 0.05) is 23.1 Å². The molecule has 6 nitrogen and oxygen atoms in total. The minimum Gasteiger partial charge on any atom is -0.506 e. The smallest absolute Gasteiger partial charge is 0.160 e. The van der Waals surface area contributed by atoms with Crippen molar-refractivity contribution in [1.82, 2.24) is 9.97 Å². The van der Waals surface area contributed by atoms with E-state index in [9.17, 15) is 15.3 Å². The van der Waals surface area contributed by atoms with Crippen LogP contribution in [0, 0.1) is 0 Å². The molecule has 4 aromatic rings. The maximum absolute atomic E-state index is 10.3. The lowest BCUT2D eigenvalue weighted by molar-refractivity contribution is 0.159. The number of phenolic OH excluding ortho intramolecular Hbond substituents is 2. The summed E-state index contributed by atoms with van der Waals surface area (Å²) in [6, 6.07) is 14.5. The first-order valence-electron chi connectivity index (χ1n) is 18.2. The van der Waals surface area contributed by atoms with Gasteiger partial charge in [-0.15, -0.1) is 0 Å². The van der Waals surface area contributed by atoms with Crippen molar-refractivity contribution in [3.63, 3.8) is 0 Å². The van der Waals surface area contributed by atoms with Crippen LogP contribution in [0.1, 0.15) is 140 Å². The van der Waals surface area contributed by atoms with Crippen molar-refractivity contribution in [2.45, 2.75) is 135 Å². The van der Waals surface area contributed by atoms with Crippen LogP contribution in [0.3, 0.4) is 0 Å². The van der Waals surface area contributed by atoms with Crippen LogP contribution in [0.2, 0.25) is 10.0 Å². The molecule has 2 aromatic carbocycles. The summed E-state index contributed by atoms with van der Waals surface area (Å²) in [6.45, 7) is 2.56. The molecule has 264 valence electrons.